The summed E-state index contributed by atoms with van der Waals surface area (Å²) < 4.78 is 19.0. The summed E-state index contributed by atoms with van der Waals surface area (Å²) in [5.74, 6) is 1.17. The molecule has 1 atom stereocenters. The van der Waals surface area contributed by atoms with Crippen molar-refractivity contribution >= 4 is 5.91 Å². The van der Waals surface area contributed by atoms with Gasteiger partial charge in [-0.15, -0.1) is 0 Å². The van der Waals surface area contributed by atoms with Crippen LogP contribution in [0.25, 0.3) is 0 Å². The second-order valence-corrected chi connectivity index (χ2v) is 7.22. The maximum atomic E-state index is 13.0. The molecule has 28 heavy (non-hydrogen) atoms. The number of piperidine rings is 1. The first-order valence-corrected chi connectivity index (χ1v) is 9.50. The minimum atomic E-state index is -0.253. The van der Waals surface area contributed by atoms with E-state index in [-0.39, 0.29) is 17.6 Å². The van der Waals surface area contributed by atoms with Gasteiger partial charge in [-0.2, -0.15) is 0 Å². The van der Waals surface area contributed by atoms with Crippen LogP contribution in [0, 0.1) is 12.7 Å². The van der Waals surface area contributed by atoms with Gasteiger partial charge in [0.05, 0.1) is 12.1 Å². The number of oxazole rings is 1. The van der Waals surface area contributed by atoms with Gasteiger partial charge in [0.2, 0.25) is 0 Å². The average molecular weight is 379 g/mol. The predicted molar refractivity (Wildman–Crippen MR) is 103 cm³/mol. The Labute approximate surface area is 163 Å². The van der Waals surface area contributed by atoms with Gasteiger partial charge >= 0.3 is 0 Å². The zero-order valence-corrected chi connectivity index (χ0v) is 15.8. The standard InChI is InChI=1S/C22H22FN3O2/c1-15-4-2-6-20(25-15)22(27)26-11-3-5-17(14-26)21-24-13-19(28-21)12-16-7-9-18(23)10-8-16/h2,4,6-10,13,17H,3,5,11-12,14H2,1H3. The number of amides is 1. The number of hydrogen-bond acceptors (Lipinski definition) is 4. The fourth-order valence-corrected chi connectivity index (χ4v) is 3.58. The third kappa shape index (κ3) is 4.11. The summed E-state index contributed by atoms with van der Waals surface area (Å²) in [4.78, 5) is 23.4. The molecule has 0 N–H and O–H groups in total. The summed E-state index contributed by atoms with van der Waals surface area (Å²) in [7, 11) is 0. The Kier molecular flexibility index (Phi) is 5.19. The number of benzene rings is 1. The largest absolute Gasteiger partial charge is 0.445 e. The molecule has 0 spiro atoms. The minimum Gasteiger partial charge on any atom is -0.445 e. The third-order valence-corrected chi connectivity index (χ3v) is 5.03. The molecule has 0 bridgehead atoms. The maximum Gasteiger partial charge on any atom is 0.272 e. The second kappa shape index (κ2) is 7.92. The van der Waals surface area contributed by atoms with Crippen LogP contribution < -0.4 is 0 Å². The van der Waals surface area contributed by atoms with Crippen LogP contribution in [0.4, 0.5) is 4.39 Å². The van der Waals surface area contributed by atoms with Crippen LogP contribution in [-0.2, 0) is 6.42 Å². The van der Waals surface area contributed by atoms with Crippen molar-refractivity contribution in [3.8, 4) is 0 Å². The molecular weight excluding hydrogens is 357 g/mol. The molecule has 1 fully saturated rings. The summed E-state index contributed by atoms with van der Waals surface area (Å²) in [5.41, 5.74) is 2.28. The normalized spacial score (nSPS) is 16.9. The van der Waals surface area contributed by atoms with Crippen molar-refractivity contribution in [3.05, 3.63) is 83.1 Å². The highest BCUT2D eigenvalue weighted by Crippen LogP contribution is 2.28. The van der Waals surface area contributed by atoms with Crippen LogP contribution in [0.15, 0.2) is 53.1 Å². The van der Waals surface area contributed by atoms with E-state index in [1.807, 2.05) is 24.0 Å². The smallest absolute Gasteiger partial charge is 0.272 e. The van der Waals surface area contributed by atoms with Crippen LogP contribution in [0.1, 0.15) is 52.2 Å². The first kappa shape index (κ1) is 18.3. The van der Waals surface area contributed by atoms with Gasteiger partial charge in [-0.1, -0.05) is 18.2 Å². The van der Waals surface area contributed by atoms with E-state index in [0.717, 1.165) is 29.9 Å². The van der Waals surface area contributed by atoms with Crippen molar-refractivity contribution in [3.63, 3.8) is 0 Å². The van der Waals surface area contributed by atoms with Crippen molar-refractivity contribution in [2.24, 2.45) is 0 Å². The molecule has 0 aliphatic carbocycles. The molecule has 6 heteroatoms. The first-order chi connectivity index (χ1) is 13.6. The van der Waals surface area contributed by atoms with Crippen LogP contribution >= 0.6 is 0 Å². The second-order valence-electron chi connectivity index (χ2n) is 7.22. The van der Waals surface area contributed by atoms with Gasteiger partial charge in [0.25, 0.3) is 5.91 Å². The number of pyridine rings is 1. The van der Waals surface area contributed by atoms with Crippen molar-refractivity contribution in [1.29, 1.82) is 0 Å². The van der Waals surface area contributed by atoms with Crippen LogP contribution in [0.2, 0.25) is 0 Å². The molecule has 1 aliphatic heterocycles. The minimum absolute atomic E-state index is 0.0495. The van der Waals surface area contributed by atoms with Crippen molar-refractivity contribution in [2.75, 3.05) is 13.1 Å². The molecular formula is C22H22FN3O2. The molecule has 4 rings (SSSR count). The predicted octanol–water partition coefficient (Wildman–Crippen LogP) is 4.13. The Hall–Kier alpha value is -3.02. The fourth-order valence-electron chi connectivity index (χ4n) is 3.58. The third-order valence-electron chi connectivity index (χ3n) is 5.03. The fraction of sp³-hybridized carbons (Fsp3) is 0.318. The zero-order chi connectivity index (χ0) is 19.5. The molecule has 5 nitrogen and oxygen atoms in total. The molecule has 3 aromatic rings. The van der Waals surface area contributed by atoms with Crippen molar-refractivity contribution in [1.82, 2.24) is 14.9 Å². The lowest BCUT2D eigenvalue weighted by Crippen LogP contribution is -2.39. The average Bonchev–Trinajstić information content (AvgIpc) is 3.18. The van der Waals surface area contributed by atoms with Gasteiger partial charge in [-0.25, -0.2) is 14.4 Å². The Balaban J connectivity index is 1.44. The van der Waals surface area contributed by atoms with Gasteiger partial charge in [-0.3, -0.25) is 4.79 Å². The van der Waals surface area contributed by atoms with Crippen LogP contribution in [0.5, 0.6) is 0 Å². The molecule has 0 saturated carbocycles. The molecule has 1 unspecified atom stereocenters. The quantitative estimate of drug-likeness (QED) is 0.684. The van der Waals surface area contributed by atoms with Gasteiger partial charge in [0.1, 0.15) is 17.3 Å². The van der Waals surface area contributed by atoms with E-state index in [1.165, 1.54) is 12.1 Å². The van der Waals surface area contributed by atoms with E-state index in [4.69, 9.17) is 4.42 Å². The summed E-state index contributed by atoms with van der Waals surface area (Å²) in [6.07, 6.45) is 4.12. The highest BCUT2D eigenvalue weighted by Gasteiger charge is 2.29. The van der Waals surface area contributed by atoms with E-state index in [2.05, 4.69) is 9.97 Å². The number of nitrogens with zero attached hydrogens (tertiary/aromatic N) is 3. The highest BCUT2D eigenvalue weighted by molar-refractivity contribution is 5.92. The van der Waals surface area contributed by atoms with Crippen LogP contribution in [-0.4, -0.2) is 33.9 Å². The topological polar surface area (TPSA) is 59.2 Å². The van der Waals surface area contributed by atoms with Crippen molar-refractivity contribution < 1.29 is 13.6 Å². The molecule has 1 saturated heterocycles. The number of aryl methyl sites for hydroxylation is 1. The lowest BCUT2D eigenvalue weighted by atomic mass is 9.97. The number of likely N-dealkylation sites (tertiary alicyclic amines) is 1. The number of halogens is 1. The SMILES string of the molecule is Cc1cccc(C(=O)N2CCCC(c3ncc(Cc4ccc(F)cc4)o3)C2)n1. The number of carbonyl (C=O) groups excluding carboxylic acids is 1. The molecule has 3 heterocycles. The van der Waals surface area contributed by atoms with Gasteiger partial charge in [-0.05, 0) is 49.6 Å². The zero-order valence-electron chi connectivity index (χ0n) is 15.8. The van der Waals surface area contributed by atoms with E-state index >= 15 is 0 Å². The summed E-state index contributed by atoms with van der Waals surface area (Å²) in [5, 5.41) is 0. The van der Waals surface area contributed by atoms with E-state index in [0.29, 0.717) is 31.1 Å². The van der Waals surface area contributed by atoms with E-state index in [9.17, 15) is 9.18 Å². The maximum absolute atomic E-state index is 13.0. The van der Waals surface area contributed by atoms with Crippen LogP contribution in [0.3, 0.4) is 0 Å². The number of hydrogen-bond donors (Lipinski definition) is 0. The Morgan fingerprint density at radius 3 is 2.86 bits per heavy atom. The molecule has 1 aliphatic rings. The molecule has 2 aromatic heterocycles. The Bertz CT molecular complexity index is 968. The lowest BCUT2D eigenvalue weighted by Gasteiger charge is -2.31. The first-order valence-electron chi connectivity index (χ1n) is 9.50. The lowest BCUT2D eigenvalue weighted by molar-refractivity contribution is 0.0691. The van der Waals surface area contributed by atoms with Crippen molar-refractivity contribution in [2.45, 2.75) is 32.1 Å². The molecule has 144 valence electrons. The molecule has 1 aromatic carbocycles. The highest BCUT2D eigenvalue weighted by atomic mass is 19.1. The summed E-state index contributed by atoms with van der Waals surface area (Å²) in [6, 6.07) is 11.9. The number of carbonyl (C=O) groups is 1. The number of rotatable bonds is 4. The van der Waals surface area contributed by atoms with E-state index < -0.39 is 0 Å². The monoisotopic (exact) mass is 379 g/mol. The Morgan fingerprint density at radius 2 is 2.07 bits per heavy atom. The number of aromatic nitrogens is 2. The Morgan fingerprint density at radius 1 is 1.25 bits per heavy atom. The van der Waals surface area contributed by atoms with Gasteiger partial charge in [0, 0.05) is 25.2 Å². The summed E-state index contributed by atoms with van der Waals surface area (Å²) >= 11 is 0. The summed E-state index contributed by atoms with van der Waals surface area (Å²) in [6.45, 7) is 3.17. The van der Waals surface area contributed by atoms with E-state index in [1.54, 1.807) is 24.4 Å². The van der Waals surface area contributed by atoms with Gasteiger partial charge in [0.15, 0.2) is 5.89 Å². The molecule has 1 amide bonds. The molecule has 0 radical (unpaired) electrons. The van der Waals surface area contributed by atoms with Gasteiger partial charge < -0.3 is 9.32 Å².